The van der Waals surface area contributed by atoms with Crippen LogP contribution in [0.4, 0.5) is 5.69 Å². The van der Waals surface area contributed by atoms with E-state index in [4.69, 9.17) is 0 Å². The molecular weight excluding hydrogens is 238 g/mol. The molecule has 1 aromatic carbocycles. The normalized spacial score (nSPS) is 24.5. The van der Waals surface area contributed by atoms with Gasteiger partial charge in [-0.15, -0.1) is 0 Å². The Bertz CT molecular complexity index is 491. The Hall–Kier alpha value is -1.35. The molecule has 1 aliphatic carbocycles. The third-order valence-electron chi connectivity index (χ3n) is 4.53. The molecule has 1 unspecified atom stereocenters. The van der Waals surface area contributed by atoms with Gasteiger partial charge < -0.3 is 10.0 Å². The van der Waals surface area contributed by atoms with Crippen molar-refractivity contribution in [2.75, 3.05) is 11.4 Å². The van der Waals surface area contributed by atoms with Crippen LogP contribution < -0.4 is 4.90 Å². The Morgan fingerprint density at radius 1 is 1.37 bits per heavy atom. The number of benzene rings is 1. The lowest BCUT2D eigenvalue weighted by Gasteiger charge is -2.25. The van der Waals surface area contributed by atoms with Gasteiger partial charge in [-0.2, -0.15) is 0 Å². The lowest BCUT2D eigenvalue weighted by atomic mass is 9.97. The molecule has 19 heavy (non-hydrogen) atoms. The van der Waals surface area contributed by atoms with Crippen molar-refractivity contribution >= 4 is 11.6 Å². The van der Waals surface area contributed by atoms with Crippen LogP contribution >= 0.6 is 0 Å². The van der Waals surface area contributed by atoms with Gasteiger partial charge in [-0.1, -0.05) is 38.0 Å². The predicted octanol–water partition coefficient (Wildman–Crippen LogP) is 2.83. The first-order valence-electron chi connectivity index (χ1n) is 7.21. The highest BCUT2D eigenvalue weighted by atomic mass is 16.3. The van der Waals surface area contributed by atoms with Gasteiger partial charge in [-0.05, 0) is 24.5 Å². The van der Waals surface area contributed by atoms with E-state index in [-0.39, 0.29) is 12.3 Å². The minimum absolute atomic E-state index is 0.0706. The van der Waals surface area contributed by atoms with Crippen LogP contribution in [0.1, 0.15) is 50.5 Å². The van der Waals surface area contributed by atoms with Crippen molar-refractivity contribution in [3.05, 3.63) is 29.8 Å². The Morgan fingerprint density at radius 3 is 2.79 bits per heavy atom. The summed E-state index contributed by atoms with van der Waals surface area (Å²) >= 11 is 0. The lowest BCUT2D eigenvalue weighted by molar-refractivity contribution is -0.123. The third kappa shape index (κ3) is 2.27. The minimum Gasteiger partial charge on any atom is -0.389 e. The SMILES string of the molecule is CC1CN(C(=O)CC2(O)CCCC2)c2ccccc21. The van der Waals surface area contributed by atoms with Crippen molar-refractivity contribution in [1.82, 2.24) is 0 Å². The fourth-order valence-corrected chi connectivity index (χ4v) is 3.44. The molecule has 0 saturated heterocycles. The number of hydrogen-bond acceptors (Lipinski definition) is 2. The highest BCUT2D eigenvalue weighted by molar-refractivity contribution is 5.96. The quantitative estimate of drug-likeness (QED) is 0.887. The first-order chi connectivity index (χ1) is 9.09. The topological polar surface area (TPSA) is 40.5 Å². The molecule has 0 spiro atoms. The smallest absolute Gasteiger partial charge is 0.229 e. The predicted molar refractivity (Wildman–Crippen MR) is 75.2 cm³/mol. The van der Waals surface area contributed by atoms with Gasteiger partial charge in [-0.3, -0.25) is 4.79 Å². The maximum Gasteiger partial charge on any atom is 0.229 e. The monoisotopic (exact) mass is 259 g/mol. The Morgan fingerprint density at radius 2 is 2.05 bits per heavy atom. The van der Waals surface area contributed by atoms with Crippen LogP contribution in [0.3, 0.4) is 0 Å². The van der Waals surface area contributed by atoms with E-state index < -0.39 is 5.60 Å². The fourth-order valence-electron chi connectivity index (χ4n) is 3.44. The number of anilines is 1. The zero-order chi connectivity index (χ0) is 13.5. The number of amides is 1. The summed E-state index contributed by atoms with van der Waals surface area (Å²) in [6.07, 6.45) is 3.88. The molecule has 1 N–H and O–H groups in total. The van der Waals surface area contributed by atoms with Crippen molar-refractivity contribution in [1.29, 1.82) is 0 Å². The molecule has 1 atom stereocenters. The number of rotatable bonds is 2. The highest BCUT2D eigenvalue weighted by Crippen LogP contribution is 2.38. The van der Waals surface area contributed by atoms with Crippen molar-refractivity contribution in [2.24, 2.45) is 0 Å². The molecule has 102 valence electrons. The van der Waals surface area contributed by atoms with Crippen LogP contribution in [0.25, 0.3) is 0 Å². The van der Waals surface area contributed by atoms with E-state index >= 15 is 0 Å². The van der Waals surface area contributed by atoms with Gasteiger partial charge in [0.05, 0.1) is 12.0 Å². The molecule has 3 rings (SSSR count). The summed E-state index contributed by atoms with van der Waals surface area (Å²) in [7, 11) is 0. The molecule has 1 fully saturated rings. The molecule has 1 aliphatic heterocycles. The van der Waals surface area contributed by atoms with Gasteiger partial charge in [-0.25, -0.2) is 0 Å². The number of fused-ring (bicyclic) bond motifs is 1. The lowest BCUT2D eigenvalue weighted by Crippen LogP contribution is -2.37. The summed E-state index contributed by atoms with van der Waals surface area (Å²) in [6.45, 7) is 2.89. The molecule has 1 heterocycles. The maximum atomic E-state index is 12.5. The zero-order valence-corrected chi connectivity index (χ0v) is 11.4. The van der Waals surface area contributed by atoms with Crippen LogP contribution in [0.15, 0.2) is 24.3 Å². The summed E-state index contributed by atoms with van der Waals surface area (Å²) in [5.74, 6) is 0.458. The van der Waals surface area contributed by atoms with E-state index in [1.165, 1.54) is 5.56 Å². The van der Waals surface area contributed by atoms with Gasteiger partial charge in [0.25, 0.3) is 0 Å². The Balaban J connectivity index is 1.78. The first kappa shape index (κ1) is 12.7. The molecule has 1 saturated carbocycles. The average Bonchev–Trinajstić information content (AvgIpc) is 2.95. The molecule has 0 radical (unpaired) electrons. The number of hydrogen-bond donors (Lipinski definition) is 1. The maximum absolute atomic E-state index is 12.5. The van der Waals surface area contributed by atoms with Gasteiger partial charge in [0.2, 0.25) is 5.91 Å². The fraction of sp³-hybridized carbons (Fsp3) is 0.562. The molecule has 3 heteroatoms. The van der Waals surface area contributed by atoms with E-state index in [0.29, 0.717) is 5.92 Å². The van der Waals surface area contributed by atoms with E-state index in [9.17, 15) is 9.90 Å². The molecule has 0 bridgehead atoms. The van der Waals surface area contributed by atoms with Gasteiger partial charge >= 0.3 is 0 Å². The van der Waals surface area contributed by atoms with E-state index in [2.05, 4.69) is 13.0 Å². The number of para-hydroxylation sites is 1. The second-order valence-electron chi connectivity index (χ2n) is 6.07. The van der Waals surface area contributed by atoms with Crippen molar-refractivity contribution < 1.29 is 9.90 Å². The molecule has 2 aliphatic rings. The van der Waals surface area contributed by atoms with Crippen molar-refractivity contribution in [3.63, 3.8) is 0 Å². The summed E-state index contributed by atoms with van der Waals surface area (Å²) in [5, 5.41) is 10.4. The number of carbonyl (C=O) groups is 1. The molecule has 1 amide bonds. The number of aliphatic hydroxyl groups is 1. The van der Waals surface area contributed by atoms with E-state index in [1.807, 2.05) is 23.1 Å². The van der Waals surface area contributed by atoms with Gasteiger partial charge in [0, 0.05) is 18.2 Å². The van der Waals surface area contributed by atoms with E-state index in [0.717, 1.165) is 37.9 Å². The summed E-state index contributed by atoms with van der Waals surface area (Å²) in [4.78, 5) is 14.3. The average molecular weight is 259 g/mol. The van der Waals surface area contributed by atoms with E-state index in [1.54, 1.807) is 0 Å². The van der Waals surface area contributed by atoms with Crippen LogP contribution in [0.5, 0.6) is 0 Å². The minimum atomic E-state index is -0.752. The molecular formula is C16H21NO2. The second kappa shape index (κ2) is 4.64. The second-order valence-corrected chi connectivity index (χ2v) is 6.07. The van der Waals surface area contributed by atoms with Gasteiger partial charge in [0.15, 0.2) is 0 Å². The van der Waals surface area contributed by atoms with Crippen LogP contribution in [0.2, 0.25) is 0 Å². The molecule has 0 aromatic heterocycles. The number of nitrogens with zero attached hydrogens (tertiary/aromatic N) is 1. The van der Waals surface area contributed by atoms with Crippen LogP contribution in [0, 0.1) is 0 Å². The first-order valence-corrected chi connectivity index (χ1v) is 7.21. The molecule has 3 nitrogen and oxygen atoms in total. The van der Waals surface area contributed by atoms with Crippen LogP contribution in [-0.2, 0) is 4.79 Å². The summed E-state index contributed by atoms with van der Waals surface area (Å²) < 4.78 is 0. The van der Waals surface area contributed by atoms with Gasteiger partial charge in [0.1, 0.15) is 0 Å². The summed E-state index contributed by atoms with van der Waals surface area (Å²) in [6, 6.07) is 8.10. The summed E-state index contributed by atoms with van der Waals surface area (Å²) in [5.41, 5.74) is 1.52. The Kier molecular flexibility index (Phi) is 3.09. The Labute approximate surface area is 114 Å². The van der Waals surface area contributed by atoms with Crippen LogP contribution in [-0.4, -0.2) is 23.2 Å². The highest BCUT2D eigenvalue weighted by Gasteiger charge is 2.37. The largest absolute Gasteiger partial charge is 0.389 e. The third-order valence-corrected chi connectivity index (χ3v) is 4.53. The number of carbonyl (C=O) groups excluding carboxylic acids is 1. The standard InChI is InChI=1S/C16H21NO2/c1-12-11-17(14-7-3-2-6-13(12)14)15(18)10-16(19)8-4-5-9-16/h2-3,6-7,12,19H,4-5,8-11H2,1H3. The van der Waals surface area contributed by atoms with Crippen molar-refractivity contribution in [3.8, 4) is 0 Å². The molecule has 1 aromatic rings. The zero-order valence-electron chi connectivity index (χ0n) is 11.4. The van der Waals surface area contributed by atoms with Crippen molar-refractivity contribution in [2.45, 2.75) is 50.5 Å².